The van der Waals surface area contributed by atoms with Crippen molar-refractivity contribution < 1.29 is 23.4 Å². The summed E-state index contributed by atoms with van der Waals surface area (Å²) in [5.74, 6) is 1.17. The average Bonchev–Trinajstić information content (AvgIpc) is 3.47. The van der Waals surface area contributed by atoms with Crippen molar-refractivity contribution in [3.8, 4) is 17.2 Å². The summed E-state index contributed by atoms with van der Waals surface area (Å²) in [7, 11) is 0. The summed E-state index contributed by atoms with van der Waals surface area (Å²) in [4.78, 5) is 12.9. The maximum Gasteiger partial charge on any atom is 0.318 e. The molecule has 4 rings (SSSR count). The third kappa shape index (κ3) is 4.67. The van der Waals surface area contributed by atoms with Crippen molar-refractivity contribution in [1.82, 2.24) is 0 Å². The molecule has 6 heteroatoms. The molecule has 0 bridgehead atoms. The minimum absolute atomic E-state index is 0.0990. The molecule has 0 saturated heterocycles. The summed E-state index contributed by atoms with van der Waals surface area (Å²) >= 11 is 6.37. The van der Waals surface area contributed by atoms with E-state index in [0.29, 0.717) is 24.5 Å². The van der Waals surface area contributed by atoms with Gasteiger partial charge >= 0.3 is 5.97 Å². The molecule has 1 saturated carbocycles. The van der Waals surface area contributed by atoms with Gasteiger partial charge in [0, 0.05) is 0 Å². The number of hydrogen-bond donors (Lipinski definition) is 0. The molecule has 3 aromatic rings. The molecule has 1 fully saturated rings. The van der Waals surface area contributed by atoms with E-state index >= 15 is 0 Å². The van der Waals surface area contributed by atoms with E-state index in [0.717, 1.165) is 16.9 Å². The molecule has 31 heavy (non-hydrogen) atoms. The number of benzene rings is 3. The van der Waals surface area contributed by atoms with Gasteiger partial charge in [0.15, 0.2) is 0 Å². The normalized spacial score (nSPS) is 19.5. The lowest BCUT2D eigenvalue weighted by Crippen LogP contribution is -2.26. The van der Waals surface area contributed by atoms with E-state index in [2.05, 4.69) is 0 Å². The molecule has 1 aliphatic rings. The topological polar surface area (TPSA) is 44.8 Å². The number of halogens is 2. The fraction of sp³-hybridized carbons (Fsp3) is 0.240. The Hall–Kier alpha value is -3.05. The molecule has 4 nitrogen and oxygen atoms in total. The molecule has 0 spiro atoms. The average molecular weight is 441 g/mol. The fourth-order valence-corrected chi connectivity index (χ4v) is 3.94. The van der Waals surface area contributed by atoms with E-state index < -0.39 is 5.41 Å². The van der Waals surface area contributed by atoms with Crippen LogP contribution < -0.4 is 9.47 Å². The molecule has 0 amide bonds. The van der Waals surface area contributed by atoms with E-state index in [1.54, 1.807) is 24.3 Å². The largest absolute Gasteiger partial charge is 0.494 e. The number of esters is 1. The van der Waals surface area contributed by atoms with Crippen LogP contribution in [0.4, 0.5) is 4.39 Å². The Kier molecular flexibility index (Phi) is 6.14. The highest BCUT2D eigenvalue weighted by Gasteiger charge is 2.62. The Morgan fingerprint density at radius 1 is 1.03 bits per heavy atom. The summed E-state index contributed by atoms with van der Waals surface area (Å²) in [6, 6.07) is 20.4. The Bertz CT molecular complexity index is 1050. The Morgan fingerprint density at radius 3 is 2.35 bits per heavy atom. The Labute approximate surface area is 185 Å². The van der Waals surface area contributed by atoms with Crippen molar-refractivity contribution in [2.75, 3.05) is 6.61 Å². The standard InChI is InChI=1S/C25H22ClFO4/c1-2-29-20-10-6-18(7-11-20)25(15-23(25)26)24(28)30-16-17-4-3-5-22(14-17)31-21-12-8-19(27)9-13-21/h3-14,23H,2,15-16H2,1H3. The molecule has 0 aromatic heterocycles. The van der Waals surface area contributed by atoms with Crippen molar-refractivity contribution in [1.29, 1.82) is 0 Å². The molecule has 2 unspecified atom stereocenters. The van der Waals surface area contributed by atoms with Gasteiger partial charge in [0.05, 0.1) is 12.0 Å². The van der Waals surface area contributed by atoms with E-state index in [1.807, 2.05) is 43.3 Å². The van der Waals surface area contributed by atoms with Crippen LogP contribution >= 0.6 is 11.6 Å². The number of rotatable bonds is 8. The zero-order valence-corrected chi connectivity index (χ0v) is 17.8. The van der Waals surface area contributed by atoms with Crippen LogP contribution in [0.1, 0.15) is 24.5 Å². The van der Waals surface area contributed by atoms with Crippen LogP contribution in [-0.4, -0.2) is 18.0 Å². The first-order valence-corrected chi connectivity index (χ1v) is 10.5. The molecule has 0 aliphatic heterocycles. The van der Waals surface area contributed by atoms with Gasteiger partial charge in [-0.15, -0.1) is 11.6 Å². The highest BCUT2D eigenvalue weighted by atomic mass is 35.5. The molecule has 0 radical (unpaired) electrons. The molecular weight excluding hydrogens is 419 g/mol. The van der Waals surface area contributed by atoms with Gasteiger partial charge in [-0.05, 0) is 73.0 Å². The first-order chi connectivity index (χ1) is 15.0. The van der Waals surface area contributed by atoms with Gasteiger partial charge in [0.2, 0.25) is 0 Å². The highest BCUT2D eigenvalue weighted by molar-refractivity contribution is 6.27. The summed E-state index contributed by atoms with van der Waals surface area (Å²) < 4.78 is 29.9. The first kappa shape index (κ1) is 21.2. The van der Waals surface area contributed by atoms with E-state index in [9.17, 15) is 9.18 Å². The molecular formula is C25H22ClFO4. The monoisotopic (exact) mass is 440 g/mol. The smallest absolute Gasteiger partial charge is 0.318 e. The van der Waals surface area contributed by atoms with E-state index in [-0.39, 0.29) is 23.8 Å². The van der Waals surface area contributed by atoms with E-state index in [4.69, 9.17) is 25.8 Å². The van der Waals surface area contributed by atoms with Gasteiger partial charge in [-0.2, -0.15) is 0 Å². The predicted octanol–water partition coefficient (Wildman–Crippen LogP) is 6.01. The number of alkyl halides is 1. The van der Waals surface area contributed by atoms with Crippen molar-refractivity contribution >= 4 is 17.6 Å². The molecule has 1 aliphatic carbocycles. The lowest BCUT2D eigenvalue weighted by atomic mass is 9.96. The van der Waals surface area contributed by atoms with Gasteiger partial charge in [-0.3, -0.25) is 4.79 Å². The second-order valence-electron chi connectivity index (χ2n) is 7.38. The Balaban J connectivity index is 1.41. The summed E-state index contributed by atoms with van der Waals surface area (Å²) in [6.45, 7) is 2.60. The van der Waals surface area contributed by atoms with Crippen molar-refractivity contribution in [2.24, 2.45) is 0 Å². The molecule has 160 valence electrons. The fourth-order valence-electron chi connectivity index (χ4n) is 3.48. The lowest BCUT2D eigenvalue weighted by Gasteiger charge is -2.16. The minimum atomic E-state index is -0.825. The summed E-state index contributed by atoms with van der Waals surface area (Å²) in [6.07, 6.45) is 0.537. The van der Waals surface area contributed by atoms with Crippen molar-refractivity contribution in [3.05, 3.63) is 89.7 Å². The second-order valence-corrected chi connectivity index (χ2v) is 7.91. The summed E-state index contributed by atoms with van der Waals surface area (Å²) in [5.41, 5.74) is 0.782. The third-order valence-corrected chi connectivity index (χ3v) is 5.77. The van der Waals surface area contributed by atoms with Crippen LogP contribution in [0.2, 0.25) is 0 Å². The van der Waals surface area contributed by atoms with Gasteiger partial charge in [0.25, 0.3) is 0 Å². The van der Waals surface area contributed by atoms with Gasteiger partial charge in [0.1, 0.15) is 35.1 Å². The first-order valence-electron chi connectivity index (χ1n) is 10.1. The SMILES string of the molecule is CCOc1ccc(C2(C(=O)OCc3cccc(Oc4ccc(F)cc4)c3)CC2Cl)cc1. The molecule has 3 aromatic carbocycles. The molecule has 0 heterocycles. The lowest BCUT2D eigenvalue weighted by molar-refractivity contribution is -0.148. The highest BCUT2D eigenvalue weighted by Crippen LogP contribution is 2.53. The van der Waals surface area contributed by atoms with Crippen LogP contribution in [-0.2, 0) is 21.6 Å². The van der Waals surface area contributed by atoms with Crippen LogP contribution in [0.3, 0.4) is 0 Å². The molecule has 0 N–H and O–H groups in total. The second kappa shape index (κ2) is 8.98. The van der Waals surface area contributed by atoms with Crippen LogP contribution in [0.25, 0.3) is 0 Å². The Morgan fingerprint density at radius 2 is 1.71 bits per heavy atom. The predicted molar refractivity (Wildman–Crippen MR) is 116 cm³/mol. The number of carbonyl (C=O) groups excluding carboxylic acids is 1. The van der Waals surface area contributed by atoms with Crippen LogP contribution in [0.5, 0.6) is 17.2 Å². The van der Waals surface area contributed by atoms with Gasteiger partial charge in [-0.25, -0.2) is 4.39 Å². The number of carbonyl (C=O) groups is 1. The minimum Gasteiger partial charge on any atom is -0.494 e. The summed E-state index contributed by atoms with van der Waals surface area (Å²) in [5, 5.41) is -0.300. The maximum absolute atomic E-state index is 13.1. The number of ether oxygens (including phenoxy) is 3. The van der Waals surface area contributed by atoms with E-state index in [1.165, 1.54) is 12.1 Å². The quantitative estimate of drug-likeness (QED) is 0.318. The van der Waals surface area contributed by atoms with Gasteiger partial charge in [-0.1, -0.05) is 24.3 Å². The van der Waals surface area contributed by atoms with Crippen LogP contribution in [0.15, 0.2) is 72.8 Å². The maximum atomic E-state index is 13.1. The van der Waals surface area contributed by atoms with Crippen LogP contribution in [0, 0.1) is 5.82 Å². The number of hydrogen-bond acceptors (Lipinski definition) is 4. The zero-order valence-electron chi connectivity index (χ0n) is 17.0. The third-order valence-electron chi connectivity index (χ3n) is 5.24. The van der Waals surface area contributed by atoms with Crippen molar-refractivity contribution in [3.63, 3.8) is 0 Å². The zero-order chi connectivity index (χ0) is 21.8. The van der Waals surface area contributed by atoms with Gasteiger partial charge < -0.3 is 14.2 Å². The molecule has 2 atom stereocenters. The van der Waals surface area contributed by atoms with Crippen molar-refractivity contribution in [2.45, 2.75) is 30.7 Å².